The Labute approximate surface area is 107 Å². The van der Waals surface area contributed by atoms with Crippen molar-refractivity contribution >= 4 is 12.0 Å². The van der Waals surface area contributed by atoms with Gasteiger partial charge in [0.15, 0.2) is 0 Å². The second-order valence-corrected chi connectivity index (χ2v) is 5.23. The van der Waals surface area contributed by atoms with Gasteiger partial charge in [0.25, 0.3) is 0 Å². The Bertz CT molecular complexity index is 311. The fourth-order valence-electron chi connectivity index (χ4n) is 1.76. The van der Waals surface area contributed by atoms with Gasteiger partial charge in [0.05, 0.1) is 6.10 Å². The lowest BCUT2D eigenvalue weighted by Crippen LogP contribution is -2.54. The van der Waals surface area contributed by atoms with Gasteiger partial charge in [-0.05, 0) is 33.1 Å². The van der Waals surface area contributed by atoms with E-state index in [0.717, 1.165) is 25.9 Å². The second-order valence-electron chi connectivity index (χ2n) is 5.23. The zero-order chi connectivity index (χ0) is 13.8. The molecule has 0 saturated carbocycles. The third-order valence-corrected chi connectivity index (χ3v) is 3.05. The summed E-state index contributed by atoms with van der Waals surface area (Å²) in [6, 6.07) is -0.392. The van der Waals surface area contributed by atoms with Crippen LogP contribution in [0.5, 0.6) is 0 Å². The van der Waals surface area contributed by atoms with E-state index in [-0.39, 0.29) is 6.10 Å². The molecule has 2 amide bonds. The van der Waals surface area contributed by atoms with Crippen molar-refractivity contribution < 1.29 is 19.4 Å². The third-order valence-electron chi connectivity index (χ3n) is 3.05. The maximum Gasteiger partial charge on any atom is 0.328 e. The summed E-state index contributed by atoms with van der Waals surface area (Å²) in [7, 11) is 1.64. The molecule has 0 aromatic carbocycles. The quantitative estimate of drug-likeness (QED) is 0.790. The number of ether oxygens (including phenoxy) is 1. The largest absolute Gasteiger partial charge is 0.480 e. The van der Waals surface area contributed by atoms with Gasteiger partial charge in [-0.1, -0.05) is 0 Å². The van der Waals surface area contributed by atoms with Crippen molar-refractivity contribution in [2.75, 3.05) is 20.2 Å². The predicted molar refractivity (Wildman–Crippen MR) is 66.5 cm³/mol. The lowest BCUT2D eigenvalue weighted by molar-refractivity contribution is -0.143. The Hall–Kier alpha value is -1.30. The molecule has 0 radical (unpaired) electrons. The van der Waals surface area contributed by atoms with Crippen LogP contribution >= 0.6 is 0 Å². The first kappa shape index (κ1) is 14.8. The minimum atomic E-state index is -1.27. The van der Waals surface area contributed by atoms with Gasteiger partial charge in [-0.3, -0.25) is 0 Å². The van der Waals surface area contributed by atoms with Crippen LogP contribution in [0.25, 0.3) is 0 Å². The van der Waals surface area contributed by atoms with E-state index in [2.05, 4.69) is 5.32 Å². The maximum atomic E-state index is 11.8. The Kier molecular flexibility index (Phi) is 4.95. The summed E-state index contributed by atoms with van der Waals surface area (Å²) < 4.78 is 5.54. The van der Waals surface area contributed by atoms with E-state index in [1.54, 1.807) is 7.05 Å². The first-order valence-electron chi connectivity index (χ1n) is 6.21. The molecule has 104 valence electrons. The van der Waals surface area contributed by atoms with Crippen molar-refractivity contribution in [2.45, 2.75) is 44.8 Å². The number of hydrogen-bond acceptors (Lipinski definition) is 3. The maximum absolute atomic E-state index is 11.8. The minimum Gasteiger partial charge on any atom is -0.480 e. The first-order valence-corrected chi connectivity index (χ1v) is 6.21. The van der Waals surface area contributed by atoms with Crippen molar-refractivity contribution in [2.24, 2.45) is 0 Å². The summed E-state index contributed by atoms with van der Waals surface area (Å²) in [6.07, 6.45) is 3.18. The van der Waals surface area contributed by atoms with E-state index in [0.29, 0.717) is 6.54 Å². The summed E-state index contributed by atoms with van der Waals surface area (Å²) >= 11 is 0. The van der Waals surface area contributed by atoms with Gasteiger partial charge in [0, 0.05) is 20.2 Å². The number of urea groups is 1. The van der Waals surface area contributed by atoms with Gasteiger partial charge in [0.2, 0.25) is 0 Å². The molecule has 6 heteroatoms. The number of carbonyl (C=O) groups excluding carboxylic acids is 1. The van der Waals surface area contributed by atoms with Gasteiger partial charge >= 0.3 is 12.0 Å². The Morgan fingerprint density at radius 1 is 1.44 bits per heavy atom. The average molecular weight is 258 g/mol. The number of rotatable bonds is 4. The molecule has 0 aromatic rings. The summed E-state index contributed by atoms with van der Waals surface area (Å²) in [6.45, 7) is 4.14. The normalized spacial score (nSPS) is 20.3. The topological polar surface area (TPSA) is 78.9 Å². The number of likely N-dealkylation sites (N-methyl/N-ethyl adjacent to an activating group) is 1. The van der Waals surface area contributed by atoms with Crippen molar-refractivity contribution in [1.29, 1.82) is 0 Å². The molecule has 1 rings (SSSR count). The predicted octanol–water partition coefficient (Wildman–Crippen LogP) is 1.06. The number of carboxylic acid groups (broad SMARTS) is 1. The van der Waals surface area contributed by atoms with E-state index in [1.807, 2.05) is 0 Å². The molecule has 1 heterocycles. The lowest BCUT2D eigenvalue weighted by Gasteiger charge is -2.30. The van der Waals surface area contributed by atoms with Crippen LogP contribution in [0.1, 0.15) is 33.1 Å². The van der Waals surface area contributed by atoms with Crippen molar-refractivity contribution in [1.82, 2.24) is 10.2 Å². The van der Waals surface area contributed by atoms with Crippen molar-refractivity contribution in [3.63, 3.8) is 0 Å². The number of amides is 2. The standard InChI is InChI=1S/C12H22N2O4/c1-12(2,10(15)16)13-11(17)14(3)8-9-6-4-5-7-18-9/h9H,4-8H2,1-3H3,(H,13,17)(H,15,16). The highest BCUT2D eigenvalue weighted by Crippen LogP contribution is 2.13. The number of hydrogen-bond donors (Lipinski definition) is 2. The summed E-state index contributed by atoms with van der Waals surface area (Å²) in [5.74, 6) is -1.06. The lowest BCUT2D eigenvalue weighted by atomic mass is 10.1. The smallest absolute Gasteiger partial charge is 0.328 e. The van der Waals surface area contributed by atoms with Crippen molar-refractivity contribution in [3.05, 3.63) is 0 Å². The van der Waals surface area contributed by atoms with Crippen LogP contribution in [0.4, 0.5) is 4.79 Å². The summed E-state index contributed by atoms with van der Waals surface area (Å²) in [5, 5.41) is 11.4. The monoisotopic (exact) mass is 258 g/mol. The minimum absolute atomic E-state index is 0.0578. The van der Waals surface area contributed by atoms with E-state index in [4.69, 9.17) is 9.84 Å². The number of aliphatic carboxylic acids is 1. The number of nitrogens with zero attached hydrogens (tertiary/aromatic N) is 1. The SMILES string of the molecule is CN(CC1CCCCO1)C(=O)NC(C)(C)C(=O)O. The molecule has 1 fully saturated rings. The number of carboxylic acids is 1. The molecular weight excluding hydrogens is 236 g/mol. The molecule has 0 spiro atoms. The summed E-state index contributed by atoms with van der Waals surface area (Å²) in [4.78, 5) is 24.2. The zero-order valence-electron chi connectivity index (χ0n) is 11.2. The van der Waals surface area contributed by atoms with Gasteiger partial charge < -0.3 is 20.1 Å². The second kappa shape index (κ2) is 6.04. The van der Waals surface area contributed by atoms with E-state index in [9.17, 15) is 9.59 Å². The van der Waals surface area contributed by atoms with E-state index < -0.39 is 17.5 Å². The van der Waals surface area contributed by atoms with Crippen molar-refractivity contribution in [3.8, 4) is 0 Å². The fourth-order valence-corrected chi connectivity index (χ4v) is 1.76. The number of nitrogens with one attached hydrogen (secondary N) is 1. The summed E-state index contributed by atoms with van der Waals surface area (Å²) in [5.41, 5.74) is -1.27. The molecular formula is C12H22N2O4. The number of carbonyl (C=O) groups is 2. The Balaban J connectivity index is 2.43. The van der Waals surface area contributed by atoms with Gasteiger partial charge in [-0.15, -0.1) is 0 Å². The molecule has 0 aliphatic carbocycles. The molecule has 6 nitrogen and oxygen atoms in total. The fraction of sp³-hybridized carbons (Fsp3) is 0.833. The first-order chi connectivity index (χ1) is 8.33. The zero-order valence-corrected chi connectivity index (χ0v) is 11.2. The Morgan fingerprint density at radius 2 is 2.11 bits per heavy atom. The van der Waals surface area contributed by atoms with Crippen LogP contribution in [0, 0.1) is 0 Å². The molecule has 0 bridgehead atoms. The van der Waals surface area contributed by atoms with Gasteiger partial charge in [0.1, 0.15) is 5.54 Å². The molecule has 0 aromatic heterocycles. The van der Waals surface area contributed by atoms with Gasteiger partial charge in [-0.2, -0.15) is 0 Å². The van der Waals surface area contributed by atoms with E-state index in [1.165, 1.54) is 18.7 Å². The van der Waals surface area contributed by atoms with Crippen LogP contribution < -0.4 is 5.32 Å². The highest BCUT2D eigenvalue weighted by molar-refractivity contribution is 5.85. The van der Waals surface area contributed by atoms with E-state index >= 15 is 0 Å². The third kappa shape index (κ3) is 4.18. The van der Waals surface area contributed by atoms with Crippen LogP contribution in [0.2, 0.25) is 0 Å². The Morgan fingerprint density at radius 3 is 2.61 bits per heavy atom. The van der Waals surface area contributed by atoms with Crippen LogP contribution in [0.3, 0.4) is 0 Å². The highest BCUT2D eigenvalue weighted by Gasteiger charge is 2.30. The molecule has 18 heavy (non-hydrogen) atoms. The molecule has 1 saturated heterocycles. The molecule has 1 aliphatic heterocycles. The molecule has 1 atom stereocenters. The molecule has 2 N–H and O–H groups in total. The molecule has 1 aliphatic rings. The molecule has 1 unspecified atom stereocenters. The average Bonchev–Trinajstić information content (AvgIpc) is 2.29. The van der Waals surface area contributed by atoms with Crippen LogP contribution in [-0.2, 0) is 9.53 Å². The van der Waals surface area contributed by atoms with Gasteiger partial charge in [-0.25, -0.2) is 9.59 Å². The van der Waals surface area contributed by atoms with Crippen LogP contribution in [0.15, 0.2) is 0 Å². The van der Waals surface area contributed by atoms with Crippen LogP contribution in [-0.4, -0.2) is 53.8 Å². The highest BCUT2D eigenvalue weighted by atomic mass is 16.5.